The SMILES string of the molecule is CC[C@H](C(=O)NC1CCCCC1)N(Cc1ccc(F)cc1)C(=O)CCCOc1ccc(Cl)cc1. The number of hydrogen-bond donors (Lipinski definition) is 1. The summed E-state index contributed by atoms with van der Waals surface area (Å²) in [5.41, 5.74) is 0.788. The summed E-state index contributed by atoms with van der Waals surface area (Å²) >= 11 is 5.90. The summed E-state index contributed by atoms with van der Waals surface area (Å²) in [4.78, 5) is 28.1. The number of amides is 2. The number of carbonyl (C=O) groups is 2. The molecule has 0 aliphatic heterocycles. The number of carbonyl (C=O) groups excluding carboxylic acids is 2. The fourth-order valence-corrected chi connectivity index (χ4v) is 4.46. The second kappa shape index (κ2) is 13.3. The molecular weight excluding hydrogens is 455 g/mol. The van der Waals surface area contributed by atoms with E-state index in [1.165, 1.54) is 18.6 Å². The van der Waals surface area contributed by atoms with Gasteiger partial charge in [-0.05, 0) is 67.6 Å². The molecule has 2 aromatic carbocycles. The molecule has 184 valence electrons. The Bertz CT molecular complexity index is 914. The molecule has 0 radical (unpaired) electrons. The Kier molecular flexibility index (Phi) is 10.2. The van der Waals surface area contributed by atoms with Crippen molar-refractivity contribution < 1.29 is 18.7 Å². The molecular formula is C27H34ClFN2O3. The quantitative estimate of drug-likeness (QED) is 0.401. The zero-order chi connectivity index (χ0) is 24.3. The topological polar surface area (TPSA) is 58.6 Å². The Labute approximate surface area is 206 Å². The van der Waals surface area contributed by atoms with E-state index < -0.39 is 6.04 Å². The lowest BCUT2D eigenvalue weighted by Crippen LogP contribution is -2.51. The molecule has 0 heterocycles. The average molecular weight is 489 g/mol. The highest BCUT2D eigenvalue weighted by Crippen LogP contribution is 2.20. The van der Waals surface area contributed by atoms with Crippen molar-refractivity contribution in [3.05, 3.63) is 64.9 Å². The predicted octanol–water partition coefficient (Wildman–Crippen LogP) is 5.89. The molecule has 34 heavy (non-hydrogen) atoms. The van der Waals surface area contributed by atoms with Crippen LogP contribution in [0.2, 0.25) is 5.02 Å². The molecule has 1 atom stereocenters. The molecule has 5 nitrogen and oxygen atoms in total. The number of nitrogens with zero attached hydrogens (tertiary/aromatic N) is 1. The first-order valence-electron chi connectivity index (χ1n) is 12.2. The highest BCUT2D eigenvalue weighted by molar-refractivity contribution is 6.30. The molecule has 0 unspecified atom stereocenters. The van der Waals surface area contributed by atoms with Gasteiger partial charge in [-0.3, -0.25) is 9.59 Å². The van der Waals surface area contributed by atoms with Crippen LogP contribution in [0.1, 0.15) is 63.9 Å². The number of nitrogens with one attached hydrogen (secondary N) is 1. The van der Waals surface area contributed by atoms with Crippen LogP contribution in [-0.4, -0.2) is 35.4 Å². The van der Waals surface area contributed by atoms with E-state index in [0.717, 1.165) is 31.2 Å². The molecule has 0 bridgehead atoms. The fraction of sp³-hybridized carbons (Fsp3) is 0.481. The molecule has 0 saturated heterocycles. The fourth-order valence-electron chi connectivity index (χ4n) is 4.34. The van der Waals surface area contributed by atoms with Crippen molar-refractivity contribution >= 4 is 23.4 Å². The van der Waals surface area contributed by atoms with Crippen LogP contribution < -0.4 is 10.1 Å². The van der Waals surface area contributed by atoms with Crippen molar-refractivity contribution in [2.45, 2.75) is 76.9 Å². The van der Waals surface area contributed by atoms with Crippen molar-refractivity contribution in [2.24, 2.45) is 0 Å². The largest absolute Gasteiger partial charge is 0.494 e. The van der Waals surface area contributed by atoms with Gasteiger partial charge in [0.2, 0.25) is 11.8 Å². The lowest BCUT2D eigenvalue weighted by atomic mass is 9.95. The minimum absolute atomic E-state index is 0.109. The second-order valence-corrected chi connectivity index (χ2v) is 9.26. The van der Waals surface area contributed by atoms with Gasteiger partial charge in [0.25, 0.3) is 0 Å². The van der Waals surface area contributed by atoms with Crippen molar-refractivity contribution in [3.63, 3.8) is 0 Å². The van der Waals surface area contributed by atoms with Crippen LogP contribution in [0.15, 0.2) is 48.5 Å². The normalized spacial score (nSPS) is 14.9. The average Bonchev–Trinajstić information content (AvgIpc) is 2.84. The minimum Gasteiger partial charge on any atom is -0.494 e. The van der Waals surface area contributed by atoms with Crippen LogP contribution in [0.25, 0.3) is 0 Å². The summed E-state index contributed by atoms with van der Waals surface area (Å²) < 4.78 is 19.1. The Balaban J connectivity index is 1.63. The lowest BCUT2D eigenvalue weighted by Gasteiger charge is -2.33. The smallest absolute Gasteiger partial charge is 0.243 e. The van der Waals surface area contributed by atoms with E-state index in [0.29, 0.717) is 30.2 Å². The maximum Gasteiger partial charge on any atom is 0.243 e. The number of ether oxygens (including phenoxy) is 1. The Morgan fingerprint density at radius 1 is 1.09 bits per heavy atom. The van der Waals surface area contributed by atoms with E-state index in [1.807, 2.05) is 6.92 Å². The van der Waals surface area contributed by atoms with Gasteiger partial charge in [-0.1, -0.05) is 49.9 Å². The lowest BCUT2D eigenvalue weighted by molar-refractivity contribution is -0.142. The third-order valence-electron chi connectivity index (χ3n) is 6.22. The molecule has 3 rings (SSSR count). The maximum absolute atomic E-state index is 13.4. The van der Waals surface area contributed by atoms with Crippen molar-refractivity contribution in [1.29, 1.82) is 0 Å². The molecule has 1 aliphatic rings. The Hall–Kier alpha value is -2.60. The van der Waals surface area contributed by atoms with Gasteiger partial charge in [0.15, 0.2) is 0 Å². The van der Waals surface area contributed by atoms with Gasteiger partial charge >= 0.3 is 0 Å². The van der Waals surface area contributed by atoms with E-state index in [4.69, 9.17) is 16.3 Å². The standard InChI is InChI=1S/C27H34ClFN2O3/c1-2-25(27(33)30-23-7-4-3-5-8-23)31(19-20-10-14-22(29)15-11-20)26(32)9-6-18-34-24-16-12-21(28)13-17-24/h10-17,23,25H,2-9,18-19H2,1H3,(H,30,33)/t25-/m1/s1. The summed E-state index contributed by atoms with van der Waals surface area (Å²) in [5.74, 6) is 0.137. The zero-order valence-corrected chi connectivity index (χ0v) is 20.5. The van der Waals surface area contributed by atoms with Crippen molar-refractivity contribution in [2.75, 3.05) is 6.61 Å². The molecule has 1 fully saturated rings. The van der Waals surface area contributed by atoms with E-state index >= 15 is 0 Å². The summed E-state index contributed by atoms with van der Waals surface area (Å²) in [6, 6.07) is 12.7. The van der Waals surface area contributed by atoms with Gasteiger partial charge in [0, 0.05) is 24.0 Å². The summed E-state index contributed by atoms with van der Waals surface area (Å²) in [6.07, 6.45) is 6.68. The van der Waals surface area contributed by atoms with Gasteiger partial charge in [-0.2, -0.15) is 0 Å². The van der Waals surface area contributed by atoms with E-state index in [-0.39, 0.29) is 36.6 Å². The first-order valence-corrected chi connectivity index (χ1v) is 12.6. The van der Waals surface area contributed by atoms with Gasteiger partial charge in [0.1, 0.15) is 17.6 Å². The number of benzene rings is 2. The van der Waals surface area contributed by atoms with E-state index in [1.54, 1.807) is 41.3 Å². The van der Waals surface area contributed by atoms with Gasteiger partial charge < -0.3 is 15.0 Å². The number of halogens is 2. The summed E-state index contributed by atoms with van der Waals surface area (Å²) in [5, 5.41) is 3.80. The molecule has 2 aromatic rings. The second-order valence-electron chi connectivity index (χ2n) is 8.82. The summed E-state index contributed by atoms with van der Waals surface area (Å²) in [6.45, 7) is 2.55. The third kappa shape index (κ3) is 8.01. The maximum atomic E-state index is 13.4. The van der Waals surface area contributed by atoms with Gasteiger partial charge in [0.05, 0.1) is 6.61 Å². The van der Waals surface area contributed by atoms with Crippen LogP contribution in [0.3, 0.4) is 0 Å². The number of rotatable bonds is 11. The third-order valence-corrected chi connectivity index (χ3v) is 6.47. The first-order chi connectivity index (χ1) is 16.5. The molecule has 1 N–H and O–H groups in total. The molecule has 2 amide bonds. The minimum atomic E-state index is -0.573. The van der Waals surface area contributed by atoms with Crippen LogP contribution >= 0.6 is 11.6 Å². The highest BCUT2D eigenvalue weighted by atomic mass is 35.5. The first kappa shape index (κ1) is 26.0. The van der Waals surface area contributed by atoms with E-state index in [9.17, 15) is 14.0 Å². The van der Waals surface area contributed by atoms with Gasteiger partial charge in [-0.15, -0.1) is 0 Å². The monoisotopic (exact) mass is 488 g/mol. The predicted molar refractivity (Wildman–Crippen MR) is 132 cm³/mol. The van der Waals surface area contributed by atoms with Crippen LogP contribution in [0, 0.1) is 5.82 Å². The van der Waals surface area contributed by atoms with Crippen molar-refractivity contribution in [3.8, 4) is 5.75 Å². The Morgan fingerprint density at radius 3 is 2.41 bits per heavy atom. The molecule has 7 heteroatoms. The van der Waals surface area contributed by atoms with E-state index in [2.05, 4.69) is 5.32 Å². The van der Waals surface area contributed by atoms with Crippen molar-refractivity contribution in [1.82, 2.24) is 10.2 Å². The molecule has 1 aliphatic carbocycles. The summed E-state index contributed by atoms with van der Waals surface area (Å²) in [7, 11) is 0. The van der Waals surface area contributed by atoms with Crippen LogP contribution in [0.5, 0.6) is 5.75 Å². The van der Waals surface area contributed by atoms with Gasteiger partial charge in [-0.25, -0.2) is 4.39 Å². The molecule has 1 saturated carbocycles. The van der Waals surface area contributed by atoms with Crippen LogP contribution in [0.4, 0.5) is 4.39 Å². The number of hydrogen-bond acceptors (Lipinski definition) is 3. The Morgan fingerprint density at radius 2 is 1.76 bits per heavy atom. The molecule has 0 aromatic heterocycles. The zero-order valence-electron chi connectivity index (χ0n) is 19.8. The van der Waals surface area contributed by atoms with Crippen LogP contribution in [-0.2, 0) is 16.1 Å². The molecule has 0 spiro atoms. The highest BCUT2D eigenvalue weighted by Gasteiger charge is 2.30.